The van der Waals surface area contributed by atoms with Crippen LogP contribution in [0.3, 0.4) is 0 Å². The molecular weight excluding hydrogens is 452 g/mol. The van der Waals surface area contributed by atoms with Crippen LogP contribution in [0.4, 0.5) is 0 Å². The molecule has 0 aromatic heterocycles. The molecule has 1 aliphatic rings. The van der Waals surface area contributed by atoms with E-state index in [4.69, 9.17) is 11.6 Å². The highest BCUT2D eigenvalue weighted by Crippen LogP contribution is 2.22. The van der Waals surface area contributed by atoms with E-state index >= 15 is 0 Å². The fourth-order valence-corrected chi connectivity index (χ4v) is 5.21. The third-order valence-electron chi connectivity index (χ3n) is 6.22. The van der Waals surface area contributed by atoms with Gasteiger partial charge in [0.05, 0.1) is 0 Å². The highest BCUT2D eigenvalue weighted by molar-refractivity contribution is 7.99. The van der Waals surface area contributed by atoms with Crippen LogP contribution in [0.2, 0.25) is 5.02 Å². The number of rotatable bonds is 11. The number of carbonyl (C=O) groups is 2. The average Bonchev–Trinajstić information content (AvgIpc) is 2.84. The second-order valence-electron chi connectivity index (χ2n) is 8.75. The SMILES string of the molecule is C[C@@H](C(=O)NC1CCCCC1)N(CCc1ccccc1)C(=O)CCCSc1ccc(Cl)cc1. The maximum absolute atomic E-state index is 13.2. The van der Waals surface area contributed by atoms with Gasteiger partial charge in [0.25, 0.3) is 0 Å². The van der Waals surface area contributed by atoms with Crippen LogP contribution >= 0.6 is 23.4 Å². The highest BCUT2D eigenvalue weighted by Gasteiger charge is 2.27. The lowest BCUT2D eigenvalue weighted by Crippen LogP contribution is -2.51. The average molecular weight is 487 g/mol. The van der Waals surface area contributed by atoms with E-state index in [0.717, 1.165) is 41.4 Å². The van der Waals surface area contributed by atoms with Gasteiger partial charge in [-0.05, 0) is 68.2 Å². The molecule has 4 nitrogen and oxygen atoms in total. The molecule has 0 spiro atoms. The Morgan fingerprint density at radius 2 is 1.76 bits per heavy atom. The zero-order valence-corrected chi connectivity index (χ0v) is 21.0. The van der Waals surface area contributed by atoms with E-state index in [2.05, 4.69) is 17.4 Å². The van der Waals surface area contributed by atoms with Crippen molar-refractivity contribution < 1.29 is 9.59 Å². The second-order valence-corrected chi connectivity index (χ2v) is 10.4. The Balaban J connectivity index is 1.55. The minimum Gasteiger partial charge on any atom is -0.352 e. The molecule has 1 aliphatic carbocycles. The molecule has 178 valence electrons. The Hall–Kier alpha value is -1.98. The Labute approximate surface area is 207 Å². The van der Waals surface area contributed by atoms with Crippen molar-refractivity contribution in [3.63, 3.8) is 0 Å². The topological polar surface area (TPSA) is 49.4 Å². The van der Waals surface area contributed by atoms with Crippen molar-refractivity contribution in [1.29, 1.82) is 0 Å². The number of thioether (sulfide) groups is 1. The molecule has 33 heavy (non-hydrogen) atoms. The summed E-state index contributed by atoms with van der Waals surface area (Å²) in [4.78, 5) is 29.1. The molecule has 1 N–H and O–H groups in total. The highest BCUT2D eigenvalue weighted by atomic mass is 35.5. The predicted molar refractivity (Wildman–Crippen MR) is 138 cm³/mol. The van der Waals surface area contributed by atoms with Crippen LogP contribution in [-0.4, -0.2) is 41.1 Å². The van der Waals surface area contributed by atoms with Gasteiger partial charge in [-0.25, -0.2) is 0 Å². The number of amides is 2. The summed E-state index contributed by atoms with van der Waals surface area (Å²) in [5.74, 6) is 0.871. The van der Waals surface area contributed by atoms with Crippen LogP contribution in [0.15, 0.2) is 59.5 Å². The molecular formula is C27H35ClN2O2S. The van der Waals surface area contributed by atoms with Gasteiger partial charge in [0.1, 0.15) is 6.04 Å². The molecule has 2 aromatic rings. The molecule has 1 saturated carbocycles. The first-order valence-corrected chi connectivity index (χ1v) is 13.4. The zero-order valence-electron chi connectivity index (χ0n) is 19.5. The third-order valence-corrected chi connectivity index (χ3v) is 7.57. The number of nitrogens with one attached hydrogen (secondary N) is 1. The number of halogens is 1. The van der Waals surface area contributed by atoms with E-state index in [9.17, 15) is 9.59 Å². The summed E-state index contributed by atoms with van der Waals surface area (Å²) in [6, 6.07) is 17.7. The van der Waals surface area contributed by atoms with Crippen LogP contribution < -0.4 is 5.32 Å². The number of hydrogen-bond acceptors (Lipinski definition) is 3. The fourth-order valence-electron chi connectivity index (χ4n) is 4.23. The van der Waals surface area contributed by atoms with Gasteiger partial charge < -0.3 is 10.2 Å². The molecule has 0 bridgehead atoms. The van der Waals surface area contributed by atoms with Crippen molar-refractivity contribution in [3.8, 4) is 0 Å². The number of nitrogens with zero attached hydrogens (tertiary/aromatic N) is 1. The summed E-state index contributed by atoms with van der Waals surface area (Å²) in [7, 11) is 0. The Bertz CT molecular complexity index is 869. The van der Waals surface area contributed by atoms with Gasteiger partial charge in [-0.15, -0.1) is 11.8 Å². The van der Waals surface area contributed by atoms with E-state index in [1.807, 2.05) is 49.4 Å². The van der Waals surface area contributed by atoms with Crippen LogP contribution in [0.1, 0.15) is 57.4 Å². The van der Waals surface area contributed by atoms with Crippen molar-refractivity contribution in [2.24, 2.45) is 0 Å². The molecule has 0 radical (unpaired) electrons. The van der Waals surface area contributed by atoms with Crippen LogP contribution in [-0.2, 0) is 16.0 Å². The summed E-state index contributed by atoms with van der Waals surface area (Å²) < 4.78 is 0. The summed E-state index contributed by atoms with van der Waals surface area (Å²) in [5.41, 5.74) is 1.17. The van der Waals surface area contributed by atoms with Gasteiger partial charge in [-0.1, -0.05) is 61.2 Å². The minimum atomic E-state index is -0.466. The van der Waals surface area contributed by atoms with Gasteiger partial charge in [-0.2, -0.15) is 0 Å². The Kier molecular flexibility index (Phi) is 10.6. The van der Waals surface area contributed by atoms with E-state index < -0.39 is 6.04 Å². The predicted octanol–water partition coefficient (Wildman–Crippen LogP) is 6.12. The third kappa shape index (κ3) is 8.71. The zero-order chi connectivity index (χ0) is 23.5. The first kappa shape index (κ1) is 25.6. The van der Waals surface area contributed by atoms with Crippen molar-refractivity contribution in [2.75, 3.05) is 12.3 Å². The van der Waals surface area contributed by atoms with Crippen molar-refractivity contribution in [2.45, 2.75) is 75.3 Å². The van der Waals surface area contributed by atoms with E-state index in [1.165, 1.54) is 24.8 Å². The smallest absolute Gasteiger partial charge is 0.242 e. The lowest BCUT2D eigenvalue weighted by atomic mass is 9.95. The van der Waals surface area contributed by atoms with Crippen molar-refractivity contribution in [1.82, 2.24) is 10.2 Å². The Morgan fingerprint density at radius 1 is 1.06 bits per heavy atom. The lowest BCUT2D eigenvalue weighted by Gasteiger charge is -2.31. The quantitative estimate of drug-likeness (QED) is 0.307. The fraction of sp³-hybridized carbons (Fsp3) is 0.481. The molecule has 2 aromatic carbocycles. The summed E-state index contributed by atoms with van der Waals surface area (Å²) in [6.07, 6.45) is 7.62. The molecule has 0 saturated heterocycles. The van der Waals surface area contributed by atoms with Gasteiger partial charge >= 0.3 is 0 Å². The number of hydrogen-bond donors (Lipinski definition) is 1. The lowest BCUT2D eigenvalue weighted by molar-refractivity contribution is -0.140. The van der Waals surface area contributed by atoms with Gasteiger partial charge in [-0.3, -0.25) is 9.59 Å². The van der Waals surface area contributed by atoms with Crippen LogP contribution in [0, 0.1) is 0 Å². The minimum absolute atomic E-state index is 0.0288. The normalized spacial score (nSPS) is 15.1. The molecule has 1 fully saturated rings. The van der Waals surface area contributed by atoms with Crippen LogP contribution in [0.5, 0.6) is 0 Å². The Morgan fingerprint density at radius 3 is 2.45 bits per heavy atom. The van der Waals surface area contributed by atoms with Gasteiger partial charge in [0.2, 0.25) is 11.8 Å². The molecule has 0 aliphatic heterocycles. The summed E-state index contributed by atoms with van der Waals surface area (Å²) in [5, 5.41) is 3.92. The molecule has 6 heteroatoms. The largest absolute Gasteiger partial charge is 0.352 e. The second kappa shape index (κ2) is 13.7. The maximum atomic E-state index is 13.2. The first-order chi connectivity index (χ1) is 16.0. The molecule has 1 atom stereocenters. The molecule has 0 heterocycles. The van der Waals surface area contributed by atoms with Gasteiger partial charge in [0.15, 0.2) is 0 Å². The van der Waals surface area contributed by atoms with Gasteiger partial charge in [0, 0.05) is 28.9 Å². The molecule has 0 unspecified atom stereocenters. The molecule has 2 amide bonds. The van der Waals surface area contributed by atoms with Crippen molar-refractivity contribution in [3.05, 3.63) is 65.2 Å². The van der Waals surface area contributed by atoms with Crippen LogP contribution in [0.25, 0.3) is 0 Å². The number of benzene rings is 2. The summed E-state index contributed by atoms with van der Waals surface area (Å²) in [6.45, 7) is 2.41. The van der Waals surface area contributed by atoms with E-state index in [-0.39, 0.29) is 17.9 Å². The maximum Gasteiger partial charge on any atom is 0.242 e. The number of carbonyl (C=O) groups excluding carboxylic acids is 2. The van der Waals surface area contributed by atoms with E-state index in [1.54, 1.807) is 16.7 Å². The monoisotopic (exact) mass is 486 g/mol. The molecule has 3 rings (SSSR count). The van der Waals surface area contributed by atoms with E-state index in [0.29, 0.717) is 13.0 Å². The summed E-state index contributed by atoms with van der Waals surface area (Å²) >= 11 is 7.67. The van der Waals surface area contributed by atoms with Crippen molar-refractivity contribution >= 4 is 35.2 Å². The standard InChI is InChI=1S/C27H35ClN2O2S/c1-21(27(32)29-24-11-6-3-7-12-24)30(19-18-22-9-4-2-5-10-22)26(31)13-8-20-33-25-16-14-23(28)15-17-25/h2,4-5,9-10,14-17,21,24H,3,6-8,11-13,18-20H2,1H3,(H,29,32)/t21-/m0/s1. The first-order valence-electron chi connectivity index (χ1n) is 12.0.